The molecule has 0 bridgehead atoms. The highest BCUT2D eigenvalue weighted by molar-refractivity contribution is 14.0. The minimum absolute atomic E-state index is 0. The summed E-state index contributed by atoms with van der Waals surface area (Å²) in [6.45, 7) is 11.2. The van der Waals surface area contributed by atoms with Crippen LogP contribution < -0.4 is 10.6 Å². The van der Waals surface area contributed by atoms with E-state index in [0.29, 0.717) is 6.54 Å². The third-order valence-corrected chi connectivity index (χ3v) is 5.94. The standard InChI is InChI=1S/C20H32N4OS.HI/c1-6-15(2)18(25)23-17-9-7-8-16(12-17)13-22-19(21-5)24-10-11-26-20(3,4)14-24;/h7-9,12,15H,6,10-11,13-14H2,1-5H3,(H,21,22)(H,23,25);1H. The minimum Gasteiger partial charge on any atom is -0.352 e. The van der Waals surface area contributed by atoms with Crippen LogP contribution in [0.25, 0.3) is 0 Å². The van der Waals surface area contributed by atoms with Crippen molar-refractivity contribution >= 4 is 53.3 Å². The summed E-state index contributed by atoms with van der Waals surface area (Å²) in [7, 11) is 1.83. The molecule has 2 rings (SSSR count). The van der Waals surface area contributed by atoms with Gasteiger partial charge in [-0.1, -0.05) is 26.0 Å². The van der Waals surface area contributed by atoms with E-state index < -0.39 is 0 Å². The van der Waals surface area contributed by atoms with E-state index in [0.717, 1.165) is 42.5 Å². The molecule has 1 atom stereocenters. The number of hydrogen-bond acceptors (Lipinski definition) is 3. The topological polar surface area (TPSA) is 56.7 Å². The molecule has 0 spiro atoms. The molecule has 0 saturated carbocycles. The van der Waals surface area contributed by atoms with Gasteiger partial charge in [-0.05, 0) is 38.0 Å². The number of carbonyl (C=O) groups is 1. The van der Waals surface area contributed by atoms with Crippen LogP contribution in [0.4, 0.5) is 5.69 Å². The molecule has 2 N–H and O–H groups in total. The maximum Gasteiger partial charge on any atom is 0.227 e. The van der Waals surface area contributed by atoms with E-state index in [4.69, 9.17) is 0 Å². The molecule has 1 saturated heterocycles. The summed E-state index contributed by atoms with van der Waals surface area (Å²) in [6.07, 6.45) is 0.841. The normalized spacial score (nSPS) is 17.7. The number of amides is 1. The van der Waals surface area contributed by atoms with Crippen molar-refractivity contribution in [2.24, 2.45) is 10.9 Å². The minimum atomic E-state index is 0. The fourth-order valence-electron chi connectivity index (χ4n) is 2.92. The third kappa shape index (κ3) is 7.52. The lowest BCUT2D eigenvalue weighted by atomic mass is 10.1. The first-order valence-electron chi connectivity index (χ1n) is 9.34. The van der Waals surface area contributed by atoms with Gasteiger partial charge in [0.15, 0.2) is 5.96 Å². The molecule has 0 aliphatic carbocycles. The predicted octanol–water partition coefficient (Wildman–Crippen LogP) is 4.19. The van der Waals surface area contributed by atoms with E-state index >= 15 is 0 Å². The van der Waals surface area contributed by atoms with Crippen LogP contribution in [0, 0.1) is 5.92 Å². The van der Waals surface area contributed by atoms with E-state index in [1.807, 2.05) is 50.9 Å². The lowest BCUT2D eigenvalue weighted by molar-refractivity contribution is -0.119. The van der Waals surface area contributed by atoms with Gasteiger partial charge in [0.05, 0.1) is 0 Å². The van der Waals surface area contributed by atoms with Crippen LogP contribution in [0.5, 0.6) is 0 Å². The quantitative estimate of drug-likeness (QED) is 0.359. The molecule has 5 nitrogen and oxygen atoms in total. The molecule has 1 fully saturated rings. The van der Waals surface area contributed by atoms with Crippen molar-refractivity contribution in [2.45, 2.75) is 45.4 Å². The Morgan fingerprint density at radius 2 is 2.15 bits per heavy atom. The van der Waals surface area contributed by atoms with E-state index in [1.165, 1.54) is 0 Å². The Balaban J connectivity index is 0.00000364. The third-order valence-electron chi connectivity index (χ3n) is 4.64. The molecule has 7 heteroatoms. The van der Waals surface area contributed by atoms with Crippen LogP contribution in [0.2, 0.25) is 0 Å². The number of anilines is 1. The summed E-state index contributed by atoms with van der Waals surface area (Å²) in [6, 6.07) is 8.00. The molecule has 1 heterocycles. The Bertz CT molecular complexity index is 651. The molecule has 0 aromatic heterocycles. The van der Waals surface area contributed by atoms with Gasteiger partial charge in [-0.15, -0.1) is 24.0 Å². The number of nitrogens with zero attached hydrogens (tertiary/aromatic N) is 2. The number of carbonyl (C=O) groups excluding carboxylic acids is 1. The second-order valence-corrected chi connectivity index (χ2v) is 9.23. The number of halogens is 1. The summed E-state index contributed by atoms with van der Waals surface area (Å²) in [5.74, 6) is 2.15. The molecule has 152 valence electrons. The van der Waals surface area contributed by atoms with E-state index in [2.05, 4.69) is 40.4 Å². The van der Waals surface area contributed by atoms with Gasteiger partial charge >= 0.3 is 0 Å². The molecule has 1 aliphatic heterocycles. The molecule has 1 aromatic carbocycles. The Morgan fingerprint density at radius 3 is 2.78 bits per heavy atom. The Morgan fingerprint density at radius 1 is 1.41 bits per heavy atom. The van der Waals surface area contributed by atoms with Crippen molar-refractivity contribution in [1.29, 1.82) is 0 Å². The highest BCUT2D eigenvalue weighted by atomic mass is 127. The Labute approximate surface area is 185 Å². The van der Waals surface area contributed by atoms with Crippen molar-refractivity contribution < 1.29 is 4.79 Å². The number of hydrogen-bond donors (Lipinski definition) is 2. The zero-order chi connectivity index (χ0) is 19.2. The van der Waals surface area contributed by atoms with E-state index in [9.17, 15) is 4.79 Å². The van der Waals surface area contributed by atoms with Crippen LogP contribution in [0.15, 0.2) is 29.3 Å². The van der Waals surface area contributed by atoms with Crippen molar-refractivity contribution in [3.63, 3.8) is 0 Å². The molecular formula is C20H33IN4OS. The zero-order valence-electron chi connectivity index (χ0n) is 17.0. The fraction of sp³-hybridized carbons (Fsp3) is 0.600. The van der Waals surface area contributed by atoms with Crippen molar-refractivity contribution in [2.75, 3.05) is 31.2 Å². The summed E-state index contributed by atoms with van der Waals surface area (Å²) in [5, 5.41) is 6.46. The SMILES string of the molecule is CCC(C)C(=O)Nc1cccc(CNC(=NC)N2CCSC(C)(C)C2)c1.I. The number of rotatable bonds is 5. The first-order valence-corrected chi connectivity index (χ1v) is 10.3. The van der Waals surface area contributed by atoms with Gasteiger partial charge in [0.1, 0.15) is 0 Å². The first-order chi connectivity index (χ1) is 12.3. The van der Waals surface area contributed by atoms with Gasteiger partial charge in [0.25, 0.3) is 0 Å². The molecule has 0 radical (unpaired) electrons. The fourth-order valence-corrected chi connectivity index (χ4v) is 4.03. The largest absolute Gasteiger partial charge is 0.352 e. The van der Waals surface area contributed by atoms with Crippen molar-refractivity contribution in [1.82, 2.24) is 10.2 Å². The Hall–Kier alpha value is -0.960. The van der Waals surface area contributed by atoms with Gasteiger partial charge in [-0.3, -0.25) is 9.79 Å². The van der Waals surface area contributed by atoms with E-state index in [1.54, 1.807) is 0 Å². The van der Waals surface area contributed by atoms with Gasteiger partial charge in [0.2, 0.25) is 5.91 Å². The summed E-state index contributed by atoms with van der Waals surface area (Å²) < 4.78 is 0.246. The predicted molar refractivity (Wildman–Crippen MR) is 128 cm³/mol. The summed E-state index contributed by atoms with van der Waals surface area (Å²) in [5.41, 5.74) is 1.97. The molecular weight excluding hydrogens is 471 g/mol. The number of aliphatic imine (C=N–C) groups is 1. The number of guanidine groups is 1. The second-order valence-electron chi connectivity index (χ2n) is 7.43. The number of benzene rings is 1. The zero-order valence-corrected chi connectivity index (χ0v) is 20.2. The molecule has 1 amide bonds. The maximum atomic E-state index is 12.1. The van der Waals surface area contributed by atoms with Crippen LogP contribution in [-0.4, -0.2) is 47.4 Å². The first kappa shape index (κ1) is 24.1. The number of nitrogens with one attached hydrogen (secondary N) is 2. The van der Waals surface area contributed by atoms with Crippen LogP contribution in [-0.2, 0) is 11.3 Å². The summed E-state index contributed by atoms with van der Waals surface area (Å²) >= 11 is 2.01. The molecule has 1 aromatic rings. The van der Waals surface area contributed by atoms with Gasteiger partial charge in [0, 0.05) is 48.8 Å². The summed E-state index contributed by atoms with van der Waals surface area (Å²) in [4.78, 5) is 18.9. The highest BCUT2D eigenvalue weighted by Gasteiger charge is 2.28. The van der Waals surface area contributed by atoms with E-state index in [-0.39, 0.29) is 40.5 Å². The maximum absolute atomic E-state index is 12.1. The Kier molecular flexibility index (Phi) is 9.94. The van der Waals surface area contributed by atoms with Crippen LogP contribution >= 0.6 is 35.7 Å². The molecule has 1 unspecified atom stereocenters. The smallest absolute Gasteiger partial charge is 0.227 e. The second kappa shape index (κ2) is 11.1. The average Bonchev–Trinajstić information content (AvgIpc) is 2.61. The van der Waals surface area contributed by atoms with Crippen LogP contribution in [0.3, 0.4) is 0 Å². The van der Waals surface area contributed by atoms with Gasteiger partial charge in [-0.25, -0.2) is 0 Å². The number of thioether (sulfide) groups is 1. The van der Waals surface area contributed by atoms with Crippen molar-refractivity contribution in [3.05, 3.63) is 29.8 Å². The lowest BCUT2D eigenvalue weighted by Gasteiger charge is -2.39. The van der Waals surface area contributed by atoms with Crippen molar-refractivity contribution in [3.8, 4) is 0 Å². The van der Waals surface area contributed by atoms with Gasteiger partial charge < -0.3 is 15.5 Å². The average molecular weight is 504 g/mol. The van der Waals surface area contributed by atoms with Gasteiger partial charge in [-0.2, -0.15) is 11.8 Å². The highest BCUT2D eigenvalue weighted by Crippen LogP contribution is 2.29. The molecule has 1 aliphatic rings. The van der Waals surface area contributed by atoms with Crippen LogP contribution in [0.1, 0.15) is 39.7 Å². The lowest BCUT2D eigenvalue weighted by Crippen LogP contribution is -2.50. The monoisotopic (exact) mass is 504 g/mol. The molecule has 27 heavy (non-hydrogen) atoms.